The average Bonchev–Trinajstić information content (AvgIpc) is 2.43. The molecular formula is C13H20FN3O2. The standard InChI is InChI=1S/C13H20FN3O2/c1-8(7-18)9(2)16-6-10-3-4-11(14)5-12(10)13(15)17-19/h3-5,8-9,16,18-19H,6-7H2,1-2H3,(H2,15,17). The molecule has 0 saturated carbocycles. The van der Waals surface area contributed by atoms with E-state index in [4.69, 9.17) is 16.0 Å². The molecule has 0 heterocycles. The lowest BCUT2D eigenvalue weighted by Gasteiger charge is -2.20. The zero-order valence-electron chi connectivity index (χ0n) is 11.1. The smallest absolute Gasteiger partial charge is 0.170 e. The summed E-state index contributed by atoms with van der Waals surface area (Å²) in [6.07, 6.45) is 0. The minimum atomic E-state index is -0.442. The van der Waals surface area contributed by atoms with E-state index < -0.39 is 5.82 Å². The maximum absolute atomic E-state index is 13.2. The Morgan fingerprint density at radius 2 is 2.16 bits per heavy atom. The number of nitrogens with one attached hydrogen (secondary N) is 1. The molecule has 0 aliphatic rings. The summed E-state index contributed by atoms with van der Waals surface area (Å²) >= 11 is 0. The molecule has 5 nitrogen and oxygen atoms in total. The molecule has 1 aromatic rings. The van der Waals surface area contributed by atoms with Crippen LogP contribution in [0.4, 0.5) is 4.39 Å². The number of hydrogen-bond donors (Lipinski definition) is 4. The molecule has 0 amide bonds. The van der Waals surface area contributed by atoms with Crippen molar-refractivity contribution in [1.82, 2.24) is 5.32 Å². The zero-order valence-corrected chi connectivity index (χ0v) is 11.1. The number of halogens is 1. The first-order chi connectivity index (χ1) is 8.99. The monoisotopic (exact) mass is 269 g/mol. The molecule has 0 aliphatic carbocycles. The normalized spacial score (nSPS) is 15.3. The second-order valence-corrected chi connectivity index (χ2v) is 4.62. The van der Waals surface area contributed by atoms with Crippen molar-refractivity contribution in [1.29, 1.82) is 0 Å². The highest BCUT2D eigenvalue weighted by Gasteiger charge is 2.13. The summed E-state index contributed by atoms with van der Waals surface area (Å²) in [5, 5.41) is 23.9. The molecule has 0 bridgehead atoms. The molecule has 0 aromatic heterocycles. The van der Waals surface area contributed by atoms with Gasteiger partial charge in [-0.2, -0.15) is 0 Å². The third kappa shape index (κ3) is 4.18. The second-order valence-electron chi connectivity index (χ2n) is 4.62. The molecule has 2 atom stereocenters. The first-order valence-corrected chi connectivity index (χ1v) is 6.10. The van der Waals surface area contributed by atoms with Crippen molar-refractivity contribution in [2.75, 3.05) is 6.61 Å². The van der Waals surface area contributed by atoms with Gasteiger partial charge in [-0.25, -0.2) is 4.39 Å². The van der Waals surface area contributed by atoms with Crippen LogP contribution in [0, 0.1) is 11.7 Å². The van der Waals surface area contributed by atoms with Crippen molar-refractivity contribution in [3.05, 3.63) is 35.1 Å². The Morgan fingerprint density at radius 1 is 1.47 bits per heavy atom. The Morgan fingerprint density at radius 3 is 2.74 bits per heavy atom. The molecule has 5 N–H and O–H groups in total. The van der Waals surface area contributed by atoms with Crippen molar-refractivity contribution < 1.29 is 14.7 Å². The van der Waals surface area contributed by atoms with Gasteiger partial charge in [-0.1, -0.05) is 18.1 Å². The van der Waals surface area contributed by atoms with Crippen LogP contribution >= 0.6 is 0 Å². The van der Waals surface area contributed by atoms with E-state index in [2.05, 4.69) is 10.5 Å². The summed E-state index contributed by atoms with van der Waals surface area (Å²) < 4.78 is 13.2. The first kappa shape index (κ1) is 15.4. The summed E-state index contributed by atoms with van der Waals surface area (Å²) in [5.74, 6) is -0.464. The van der Waals surface area contributed by atoms with E-state index in [-0.39, 0.29) is 24.4 Å². The van der Waals surface area contributed by atoms with Gasteiger partial charge in [0.1, 0.15) is 5.82 Å². The van der Waals surface area contributed by atoms with E-state index in [0.29, 0.717) is 12.1 Å². The number of amidine groups is 1. The summed E-state index contributed by atoms with van der Waals surface area (Å²) in [6, 6.07) is 4.24. The van der Waals surface area contributed by atoms with Crippen LogP contribution in [0.15, 0.2) is 23.4 Å². The number of benzene rings is 1. The van der Waals surface area contributed by atoms with Crippen molar-refractivity contribution in [2.24, 2.45) is 16.8 Å². The van der Waals surface area contributed by atoms with Crippen molar-refractivity contribution in [3.8, 4) is 0 Å². The number of aliphatic hydroxyl groups excluding tert-OH is 1. The van der Waals surface area contributed by atoms with Crippen LogP contribution < -0.4 is 11.1 Å². The Kier molecular flexibility index (Phi) is 5.72. The number of nitrogens with two attached hydrogens (primary N) is 1. The van der Waals surface area contributed by atoms with E-state index in [9.17, 15) is 4.39 Å². The Bertz CT molecular complexity index is 452. The van der Waals surface area contributed by atoms with E-state index >= 15 is 0 Å². The minimum Gasteiger partial charge on any atom is -0.409 e. The first-order valence-electron chi connectivity index (χ1n) is 6.10. The summed E-state index contributed by atoms with van der Waals surface area (Å²) in [7, 11) is 0. The molecule has 0 fully saturated rings. The Hall–Kier alpha value is -1.66. The van der Waals surface area contributed by atoms with Gasteiger partial charge < -0.3 is 21.4 Å². The van der Waals surface area contributed by atoms with E-state index in [1.54, 1.807) is 6.07 Å². The maximum Gasteiger partial charge on any atom is 0.170 e. The third-order valence-corrected chi connectivity index (χ3v) is 3.21. The molecular weight excluding hydrogens is 249 g/mol. The second kappa shape index (κ2) is 7.06. The van der Waals surface area contributed by atoms with E-state index in [0.717, 1.165) is 5.56 Å². The zero-order chi connectivity index (χ0) is 14.4. The molecule has 19 heavy (non-hydrogen) atoms. The molecule has 1 rings (SSSR count). The van der Waals surface area contributed by atoms with Crippen LogP contribution in [-0.2, 0) is 6.54 Å². The lowest BCUT2D eigenvalue weighted by molar-refractivity contribution is 0.207. The average molecular weight is 269 g/mol. The number of rotatable bonds is 6. The number of hydrogen-bond acceptors (Lipinski definition) is 4. The summed E-state index contributed by atoms with van der Waals surface area (Å²) in [5.41, 5.74) is 6.61. The topological polar surface area (TPSA) is 90.9 Å². The summed E-state index contributed by atoms with van der Waals surface area (Å²) in [6.45, 7) is 4.41. The molecule has 0 radical (unpaired) electrons. The molecule has 0 saturated heterocycles. The van der Waals surface area contributed by atoms with Gasteiger partial charge in [0.25, 0.3) is 0 Å². The van der Waals surface area contributed by atoms with Crippen LogP contribution in [0.1, 0.15) is 25.0 Å². The predicted molar refractivity (Wildman–Crippen MR) is 71.5 cm³/mol. The van der Waals surface area contributed by atoms with Crippen LogP contribution in [0.25, 0.3) is 0 Å². The van der Waals surface area contributed by atoms with Crippen LogP contribution in [0.5, 0.6) is 0 Å². The van der Waals surface area contributed by atoms with Crippen LogP contribution in [0.3, 0.4) is 0 Å². The van der Waals surface area contributed by atoms with E-state index in [1.165, 1.54) is 12.1 Å². The molecule has 1 aromatic carbocycles. The molecule has 2 unspecified atom stereocenters. The fourth-order valence-electron chi connectivity index (χ4n) is 1.63. The highest BCUT2D eigenvalue weighted by molar-refractivity contribution is 5.98. The third-order valence-electron chi connectivity index (χ3n) is 3.21. The van der Waals surface area contributed by atoms with Crippen LogP contribution in [-0.4, -0.2) is 28.8 Å². The lowest BCUT2D eigenvalue weighted by Crippen LogP contribution is -2.34. The fourth-order valence-corrected chi connectivity index (χ4v) is 1.63. The number of oxime groups is 1. The molecule has 106 valence electrons. The Labute approximate surface area is 111 Å². The van der Waals surface area contributed by atoms with Crippen LogP contribution in [0.2, 0.25) is 0 Å². The van der Waals surface area contributed by atoms with Gasteiger partial charge in [0.05, 0.1) is 0 Å². The lowest BCUT2D eigenvalue weighted by atomic mass is 10.0. The van der Waals surface area contributed by atoms with Gasteiger partial charge in [-0.05, 0) is 30.5 Å². The van der Waals surface area contributed by atoms with Gasteiger partial charge in [0.15, 0.2) is 5.84 Å². The van der Waals surface area contributed by atoms with Gasteiger partial charge in [-0.15, -0.1) is 0 Å². The van der Waals surface area contributed by atoms with Gasteiger partial charge >= 0.3 is 0 Å². The van der Waals surface area contributed by atoms with E-state index in [1.807, 2.05) is 13.8 Å². The van der Waals surface area contributed by atoms with Crippen molar-refractivity contribution >= 4 is 5.84 Å². The minimum absolute atomic E-state index is 0.0880. The molecule has 0 spiro atoms. The SMILES string of the molecule is CC(CO)C(C)NCc1ccc(F)cc1/C(N)=N/O. The van der Waals surface area contributed by atoms with Gasteiger partial charge in [-0.3, -0.25) is 0 Å². The highest BCUT2D eigenvalue weighted by atomic mass is 19.1. The predicted octanol–water partition coefficient (Wildman–Crippen LogP) is 1.03. The number of aliphatic hydroxyl groups is 1. The molecule has 0 aliphatic heterocycles. The maximum atomic E-state index is 13.2. The Balaban J connectivity index is 2.84. The largest absolute Gasteiger partial charge is 0.409 e. The number of nitrogens with zero attached hydrogens (tertiary/aromatic N) is 1. The van der Waals surface area contributed by atoms with Crippen molar-refractivity contribution in [3.63, 3.8) is 0 Å². The highest BCUT2D eigenvalue weighted by Crippen LogP contribution is 2.12. The molecule has 6 heteroatoms. The van der Waals surface area contributed by atoms with Gasteiger partial charge in [0, 0.05) is 24.8 Å². The quantitative estimate of drug-likeness (QED) is 0.269. The summed E-state index contributed by atoms with van der Waals surface area (Å²) in [4.78, 5) is 0. The van der Waals surface area contributed by atoms with Gasteiger partial charge in [0.2, 0.25) is 0 Å². The van der Waals surface area contributed by atoms with Crippen molar-refractivity contribution in [2.45, 2.75) is 26.4 Å². The fraction of sp³-hybridized carbons (Fsp3) is 0.462.